The van der Waals surface area contributed by atoms with Crippen molar-refractivity contribution >= 4 is 5.96 Å². The van der Waals surface area contributed by atoms with Crippen LogP contribution in [-0.4, -0.2) is 54.9 Å². The molecule has 2 rings (SSSR count). The molecule has 1 heterocycles. The summed E-state index contributed by atoms with van der Waals surface area (Å²) in [7, 11) is 0. The average molecular weight is 333 g/mol. The lowest BCUT2D eigenvalue weighted by Gasteiger charge is -2.32. The Morgan fingerprint density at radius 3 is 2.83 bits per heavy atom. The number of likely N-dealkylation sites (tertiary alicyclic amines) is 1. The van der Waals surface area contributed by atoms with Crippen molar-refractivity contribution < 1.29 is 9.84 Å². The first-order chi connectivity index (χ1) is 11.7. The van der Waals surface area contributed by atoms with Crippen LogP contribution in [0.4, 0.5) is 0 Å². The molecule has 1 aromatic rings. The van der Waals surface area contributed by atoms with Crippen LogP contribution >= 0.6 is 0 Å². The Kier molecular flexibility index (Phi) is 7.89. The highest BCUT2D eigenvalue weighted by Gasteiger charge is 2.19. The van der Waals surface area contributed by atoms with Gasteiger partial charge in [-0.15, -0.1) is 0 Å². The summed E-state index contributed by atoms with van der Waals surface area (Å²) in [6.45, 7) is 8.30. The molecule has 2 N–H and O–H groups in total. The van der Waals surface area contributed by atoms with E-state index in [1.165, 1.54) is 5.56 Å². The van der Waals surface area contributed by atoms with Gasteiger partial charge in [0.15, 0.2) is 5.96 Å². The molecule has 0 amide bonds. The zero-order valence-electron chi connectivity index (χ0n) is 15.0. The Labute approximate surface area is 145 Å². The molecule has 24 heavy (non-hydrogen) atoms. The SMILES string of the molecule is CCCOc1cccc(CCN=C(NCC)N2CCC(O)CC2)c1. The zero-order chi connectivity index (χ0) is 17.2. The van der Waals surface area contributed by atoms with Gasteiger partial charge in [-0.25, -0.2) is 0 Å². The summed E-state index contributed by atoms with van der Waals surface area (Å²) in [5, 5.41) is 13.0. The molecule has 1 aromatic carbocycles. The Balaban J connectivity index is 1.89. The van der Waals surface area contributed by atoms with Crippen LogP contribution in [0.15, 0.2) is 29.3 Å². The topological polar surface area (TPSA) is 57.1 Å². The molecule has 0 bridgehead atoms. The predicted molar refractivity (Wildman–Crippen MR) is 98.7 cm³/mol. The molecule has 0 radical (unpaired) electrons. The van der Waals surface area contributed by atoms with E-state index in [4.69, 9.17) is 9.73 Å². The highest BCUT2D eigenvalue weighted by Crippen LogP contribution is 2.14. The smallest absolute Gasteiger partial charge is 0.193 e. The fourth-order valence-electron chi connectivity index (χ4n) is 2.81. The van der Waals surface area contributed by atoms with Gasteiger partial charge in [-0.1, -0.05) is 19.1 Å². The number of piperidine rings is 1. The van der Waals surface area contributed by atoms with Gasteiger partial charge in [0.05, 0.1) is 12.7 Å². The molecular weight excluding hydrogens is 302 g/mol. The normalized spacial score (nSPS) is 16.3. The molecule has 5 heteroatoms. The molecule has 0 aromatic heterocycles. The Bertz CT molecular complexity index is 511. The van der Waals surface area contributed by atoms with Gasteiger partial charge in [0.25, 0.3) is 0 Å². The molecule has 0 unspecified atom stereocenters. The standard InChI is InChI=1S/C19H31N3O2/c1-3-14-24-18-7-5-6-16(15-18)8-11-21-19(20-4-2)22-12-9-17(23)10-13-22/h5-7,15,17,23H,3-4,8-14H2,1-2H3,(H,20,21). The number of aliphatic hydroxyl groups is 1. The minimum absolute atomic E-state index is 0.157. The summed E-state index contributed by atoms with van der Waals surface area (Å²) in [6, 6.07) is 8.28. The van der Waals surface area contributed by atoms with E-state index in [-0.39, 0.29) is 6.10 Å². The van der Waals surface area contributed by atoms with E-state index < -0.39 is 0 Å². The van der Waals surface area contributed by atoms with Crippen LogP contribution in [0.5, 0.6) is 5.75 Å². The maximum atomic E-state index is 9.65. The van der Waals surface area contributed by atoms with Crippen molar-refractivity contribution in [3.8, 4) is 5.75 Å². The number of benzene rings is 1. The highest BCUT2D eigenvalue weighted by molar-refractivity contribution is 5.80. The fraction of sp³-hybridized carbons (Fsp3) is 0.632. The summed E-state index contributed by atoms with van der Waals surface area (Å²) in [6.07, 6.45) is 3.40. The van der Waals surface area contributed by atoms with Crippen molar-refractivity contribution in [2.24, 2.45) is 4.99 Å². The van der Waals surface area contributed by atoms with Gasteiger partial charge in [-0.3, -0.25) is 4.99 Å². The number of nitrogens with zero attached hydrogens (tertiary/aromatic N) is 2. The van der Waals surface area contributed by atoms with E-state index in [1.807, 2.05) is 12.1 Å². The number of rotatable bonds is 7. The van der Waals surface area contributed by atoms with Crippen molar-refractivity contribution in [1.29, 1.82) is 0 Å². The second-order valence-corrected chi connectivity index (χ2v) is 6.20. The van der Waals surface area contributed by atoms with Gasteiger partial charge < -0.3 is 20.1 Å². The Morgan fingerprint density at radius 2 is 2.12 bits per heavy atom. The highest BCUT2D eigenvalue weighted by atomic mass is 16.5. The molecule has 5 nitrogen and oxygen atoms in total. The minimum Gasteiger partial charge on any atom is -0.494 e. The first-order valence-electron chi connectivity index (χ1n) is 9.16. The van der Waals surface area contributed by atoms with Gasteiger partial charge in [0.2, 0.25) is 0 Å². The van der Waals surface area contributed by atoms with Crippen LogP contribution < -0.4 is 10.1 Å². The molecule has 0 aliphatic carbocycles. The Morgan fingerprint density at radius 1 is 1.33 bits per heavy atom. The second-order valence-electron chi connectivity index (χ2n) is 6.20. The lowest BCUT2D eigenvalue weighted by atomic mass is 10.1. The van der Waals surface area contributed by atoms with Gasteiger partial charge >= 0.3 is 0 Å². The molecule has 1 aliphatic heterocycles. The molecule has 1 fully saturated rings. The molecule has 0 saturated carbocycles. The van der Waals surface area contributed by atoms with E-state index >= 15 is 0 Å². The van der Waals surface area contributed by atoms with Crippen molar-refractivity contribution in [1.82, 2.24) is 10.2 Å². The van der Waals surface area contributed by atoms with Crippen molar-refractivity contribution in [3.63, 3.8) is 0 Å². The van der Waals surface area contributed by atoms with Gasteiger partial charge in [0, 0.05) is 26.2 Å². The van der Waals surface area contributed by atoms with Crippen LogP contribution in [0, 0.1) is 0 Å². The third kappa shape index (κ3) is 6.04. The number of ether oxygens (including phenoxy) is 1. The van der Waals surface area contributed by atoms with Crippen molar-refractivity contribution in [3.05, 3.63) is 29.8 Å². The van der Waals surface area contributed by atoms with Crippen LogP contribution in [0.25, 0.3) is 0 Å². The minimum atomic E-state index is -0.157. The van der Waals surface area contributed by atoms with Crippen LogP contribution in [0.2, 0.25) is 0 Å². The lowest BCUT2D eigenvalue weighted by molar-refractivity contribution is 0.108. The van der Waals surface area contributed by atoms with E-state index in [2.05, 4.69) is 36.2 Å². The summed E-state index contributed by atoms with van der Waals surface area (Å²) in [5.41, 5.74) is 1.25. The van der Waals surface area contributed by atoms with E-state index in [0.29, 0.717) is 0 Å². The number of nitrogens with one attached hydrogen (secondary N) is 1. The van der Waals surface area contributed by atoms with Crippen molar-refractivity contribution in [2.75, 3.05) is 32.8 Å². The molecule has 1 aliphatic rings. The maximum absolute atomic E-state index is 9.65. The van der Waals surface area contributed by atoms with Gasteiger partial charge in [0.1, 0.15) is 5.75 Å². The maximum Gasteiger partial charge on any atom is 0.193 e. The van der Waals surface area contributed by atoms with Crippen LogP contribution in [0.1, 0.15) is 38.7 Å². The van der Waals surface area contributed by atoms with Crippen molar-refractivity contribution in [2.45, 2.75) is 45.6 Å². The molecule has 134 valence electrons. The zero-order valence-corrected chi connectivity index (χ0v) is 15.0. The Hall–Kier alpha value is -1.75. The first kappa shape index (κ1) is 18.6. The van der Waals surface area contributed by atoms with E-state index in [1.54, 1.807) is 0 Å². The molecule has 0 atom stereocenters. The average Bonchev–Trinajstić information content (AvgIpc) is 2.60. The lowest BCUT2D eigenvalue weighted by Crippen LogP contribution is -2.46. The largest absolute Gasteiger partial charge is 0.494 e. The predicted octanol–water partition coefficient (Wildman–Crippen LogP) is 2.44. The number of hydrogen-bond acceptors (Lipinski definition) is 3. The van der Waals surface area contributed by atoms with Crippen LogP contribution in [-0.2, 0) is 6.42 Å². The quantitative estimate of drug-likeness (QED) is 0.594. The summed E-state index contributed by atoms with van der Waals surface area (Å²) < 4.78 is 5.69. The number of aliphatic imine (C=N–C) groups is 1. The number of hydrogen-bond donors (Lipinski definition) is 2. The monoisotopic (exact) mass is 333 g/mol. The van der Waals surface area contributed by atoms with E-state index in [0.717, 1.165) is 70.2 Å². The van der Waals surface area contributed by atoms with Crippen LogP contribution in [0.3, 0.4) is 0 Å². The summed E-state index contributed by atoms with van der Waals surface area (Å²) in [5.74, 6) is 1.90. The third-order valence-electron chi connectivity index (χ3n) is 4.13. The molecule has 0 spiro atoms. The summed E-state index contributed by atoms with van der Waals surface area (Å²) >= 11 is 0. The first-order valence-corrected chi connectivity index (χ1v) is 9.16. The summed E-state index contributed by atoms with van der Waals surface area (Å²) in [4.78, 5) is 7.01. The number of guanidine groups is 1. The molecule has 1 saturated heterocycles. The van der Waals surface area contributed by atoms with E-state index in [9.17, 15) is 5.11 Å². The second kappa shape index (κ2) is 10.2. The number of aliphatic hydroxyl groups excluding tert-OH is 1. The third-order valence-corrected chi connectivity index (χ3v) is 4.13. The van der Waals surface area contributed by atoms with Gasteiger partial charge in [-0.05, 0) is 50.3 Å². The molecular formula is C19H31N3O2. The van der Waals surface area contributed by atoms with Gasteiger partial charge in [-0.2, -0.15) is 0 Å². The fourth-order valence-corrected chi connectivity index (χ4v) is 2.81.